The third-order valence-electron chi connectivity index (χ3n) is 5.22. The lowest BCUT2D eigenvalue weighted by molar-refractivity contribution is -0.138. The van der Waals surface area contributed by atoms with Gasteiger partial charge in [0.15, 0.2) is 0 Å². The lowest BCUT2D eigenvalue weighted by Gasteiger charge is -2.19. The molecule has 0 fully saturated rings. The Bertz CT molecular complexity index is 1160. The predicted molar refractivity (Wildman–Crippen MR) is 126 cm³/mol. The number of aromatic amines is 1. The topological polar surface area (TPSA) is 166 Å². The van der Waals surface area contributed by atoms with Gasteiger partial charge in [-0.15, -0.1) is 0 Å². The van der Waals surface area contributed by atoms with E-state index in [-0.39, 0.29) is 13.0 Å². The maximum absolute atomic E-state index is 12.6. The van der Waals surface area contributed by atoms with Gasteiger partial charge in [0.05, 0.1) is 12.6 Å². The van der Waals surface area contributed by atoms with Gasteiger partial charge >= 0.3 is 5.97 Å². The summed E-state index contributed by atoms with van der Waals surface area (Å²) in [6, 6.07) is 14.9. The molecule has 0 bridgehead atoms. The molecule has 0 spiro atoms. The molecule has 7 N–H and O–H groups in total. The number of aromatic nitrogens is 1. The van der Waals surface area contributed by atoms with E-state index in [1.165, 1.54) is 0 Å². The van der Waals surface area contributed by atoms with Crippen LogP contribution in [0.4, 0.5) is 0 Å². The fourth-order valence-corrected chi connectivity index (χ4v) is 3.52. The van der Waals surface area contributed by atoms with Gasteiger partial charge in [-0.3, -0.25) is 19.2 Å². The summed E-state index contributed by atoms with van der Waals surface area (Å²) in [6.07, 6.45) is 2.18. The molecule has 3 rings (SSSR count). The number of nitrogens with two attached hydrogens (primary N) is 1. The molecule has 0 aliphatic rings. The van der Waals surface area contributed by atoms with Crippen LogP contribution in [0.25, 0.3) is 10.9 Å². The molecular weight excluding hydrogens is 438 g/mol. The maximum atomic E-state index is 12.6. The molecule has 10 nitrogen and oxygen atoms in total. The Kier molecular flexibility index (Phi) is 8.36. The fourth-order valence-electron chi connectivity index (χ4n) is 3.52. The average molecular weight is 466 g/mol. The van der Waals surface area contributed by atoms with Crippen molar-refractivity contribution in [3.05, 3.63) is 71.9 Å². The molecule has 0 saturated heterocycles. The molecule has 2 atom stereocenters. The predicted octanol–water partition coefficient (Wildman–Crippen LogP) is 0.0822. The number of aliphatic carboxylic acids is 1. The number of carboxylic acid groups (broad SMARTS) is 1. The zero-order valence-electron chi connectivity index (χ0n) is 18.4. The molecule has 178 valence electrons. The van der Waals surface area contributed by atoms with Gasteiger partial charge in [0.2, 0.25) is 17.7 Å². The molecule has 10 heteroatoms. The quantitative estimate of drug-likeness (QED) is 0.235. The highest BCUT2D eigenvalue weighted by Crippen LogP contribution is 2.19. The Morgan fingerprint density at radius 2 is 1.56 bits per heavy atom. The van der Waals surface area contributed by atoms with Crippen LogP contribution < -0.4 is 21.7 Å². The standard InChI is InChI=1S/C24H27N5O5/c25-18(10-15-6-2-1-3-7-15)23(33)27-13-21(30)29-20(24(34)28-14-22(31)32)11-16-12-26-19-9-5-4-8-17(16)19/h1-9,12,18,20,26H,10-11,13-14,25H2,(H,27,33)(H,28,34)(H,29,30)(H,31,32). The zero-order chi connectivity index (χ0) is 24.5. The lowest BCUT2D eigenvalue weighted by atomic mass is 10.0. The summed E-state index contributed by atoms with van der Waals surface area (Å²) >= 11 is 0. The minimum atomic E-state index is -1.20. The van der Waals surface area contributed by atoms with Crippen LogP contribution in [0.2, 0.25) is 0 Å². The van der Waals surface area contributed by atoms with E-state index in [0.29, 0.717) is 6.42 Å². The van der Waals surface area contributed by atoms with Crippen LogP contribution in [0.3, 0.4) is 0 Å². The van der Waals surface area contributed by atoms with Gasteiger partial charge in [0.25, 0.3) is 0 Å². The Morgan fingerprint density at radius 3 is 2.29 bits per heavy atom. The van der Waals surface area contributed by atoms with Gasteiger partial charge in [-0.05, 0) is 23.6 Å². The zero-order valence-corrected chi connectivity index (χ0v) is 18.4. The summed E-state index contributed by atoms with van der Waals surface area (Å²) in [6.45, 7) is -0.956. The van der Waals surface area contributed by atoms with Crippen LogP contribution in [-0.2, 0) is 32.0 Å². The summed E-state index contributed by atoms with van der Waals surface area (Å²) in [5.74, 6) is -2.95. The molecule has 3 aromatic rings. The first-order chi connectivity index (χ1) is 16.3. The largest absolute Gasteiger partial charge is 0.480 e. The van der Waals surface area contributed by atoms with Gasteiger partial charge in [-0.2, -0.15) is 0 Å². The number of rotatable bonds is 11. The van der Waals surface area contributed by atoms with Crippen molar-refractivity contribution in [2.75, 3.05) is 13.1 Å². The number of nitrogens with one attached hydrogen (secondary N) is 4. The number of hydrogen-bond donors (Lipinski definition) is 6. The second kappa shape index (κ2) is 11.6. The fraction of sp³-hybridized carbons (Fsp3) is 0.250. The average Bonchev–Trinajstić information content (AvgIpc) is 3.24. The van der Waals surface area contributed by atoms with E-state index in [4.69, 9.17) is 10.8 Å². The first-order valence-electron chi connectivity index (χ1n) is 10.7. The Balaban J connectivity index is 1.60. The van der Waals surface area contributed by atoms with E-state index >= 15 is 0 Å². The first kappa shape index (κ1) is 24.5. The van der Waals surface area contributed by atoms with E-state index in [1.807, 2.05) is 54.6 Å². The molecular formula is C24H27N5O5. The van der Waals surface area contributed by atoms with Gasteiger partial charge in [0.1, 0.15) is 12.6 Å². The van der Waals surface area contributed by atoms with Crippen molar-refractivity contribution in [2.24, 2.45) is 5.73 Å². The van der Waals surface area contributed by atoms with E-state index in [9.17, 15) is 19.2 Å². The number of carbonyl (C=O) groups excluding carboxylic acids is 3. The highest BCUT2D eigenvalue weighted by Gasteiger charge is 2.24. The van der Waals surface area contributed by atoms with Gasteiger partial charge in [-0.1, -0.05) is 48.5 Å². The third kappa shape index (κ3) is 6.91. The summed E-state index contributed by atoms with van der Waals surface area (Å²) in [4.78, 5) is 51.3. The first-order valence-corrected chi connectivity index (χ1v) is 10.7. The summed E-state index contributed by atoms with van der Waals surface area (Å²) in [5, 5.41) is 17.1. The second-order valence-electron chi connectivity index (χ2n) is 7.81. The maximum Gasteiger partial charge on any atom is 0.322 e. The van der Waals surface area contributed by atoms with E-state index in [2.05, 4.69) is 20.9 Å². The van der Waals surface area contributed by atoms with Crippen molar-refractivity contribution in [3.63, 3.8) is 0 Å². The number of benzene rings is 2. The number of hydrogen-bond acceptors (Lipinski definition) is 5. The highest BCUT2D eigenvalue weighted by atomic mass is 16.4. The molecule has 0 aliphatic carbocycles. The molecule has 1 aromatic heterocycles. The van der Waals surface area contributed by atoms with Crippen molar-refractivity contribution in [3.8, 4) is 0 Å². The summed E-state index contributed by atoms with van der Waals surface area (Å²) < 4.78 is 0. The Morgan fingerprint density at radius 1 is 0.882 bits per heavy atom. The lowest BCUT2D eigenvalue weighted by Crippen LogP contribution is -2.52. The Labute approximate surface area is 195 Å². The van der Waals surface area contributed by atoms with Gasteiger partial charge < -0.3 is 31.8 Å². The van der Waals surface area contributed by atoms with E-state index in [1.54, 1.807) is 6.20 Å². The van der Waals surface area contributed by atoms with Crippen LogP contribution in [0.15, 0.2) is 60.8 Å². The van der Waals surface area contributed by atoms with Gasteiger partial charge in [-0.25, -0.2) is 0 Å². The minimum absolute atomic E-state index is 0.128. The Hall–Kier alpha value is -4.18. The van der Waals surface area contributed by atoms with E-state index in [0.717, 1.165) is 22.0 Å². The number of H-pyrrole nitrogens is 1. The van der Waals surface area contributed by atoms with E-state index < -0.39 is 42.3 Å². The molecule has 0 radical (unpaired) electrons. The van der Waals surface area contributed by atoms with Crippen molar-refractivity contribution < 1.29 is 24.3 Å². The molecule has 1 heterocycles. The van der Waals surface area contributed by atoms with Crippen LogP contribution in [0, 0.1) is 0 Å². The normalized spacial score (nSPS) is 12.5. The number of amides is 3. The van der Waals surface area contributed by atoms with Crippen LogP contribution in [-0.4, -0.2) is 59.0 Å². The third-order valence-corrected chi connectivity index (χ3v) is 5.22. The second-order valence-corrected chi connectivity index (χ2v) is 7.81. The molecule has 3 amide bonds. The molecule has 34 heavy (non-hydrogen) atoms. The van der Waals surface area contributed by atoms with Gasteiger partial charge in [0, 0.05) is 23.5 Å². The van der Waals surface area contributed by atoms with Crippen LogP contribution in [0.1, 0.15) is 11.1 Å². The molecule has 2 unspecified atom stereocenters. The number of carbonyl (C=O) groups is 4. The molecule has 2 aromatic carbocycles. The van der Waals surface area contributed by atoms with Crippen molar-refractivity contribution in [1.29, 1.82) is 0 Å². The smallest absolute Gasteiger partial charge is 0.322 e. The number of fused-ring (bicyclic) bond motifs is 1. The molecule has 0 saturated carbocycles. The summed E-state index contributed by atoms with van der Waals surface area (Å²) in [5.41, 5.74) is 8.47. The minimum Gasteiger partial charge on any atom is -0.480 e. The van der Waals surface area contributed by atoms with Crippen molar-refractivity contribution in [2.45, 2.75) is 24.9 Å². The SMILES string of the molecule is NC(Cc1ccccc1)C(=O)NCC(=O)NC(Cc1c[nH]c2ccccc12)C(=O)NCC(=O)O. The van der Waals surface area contributed by atoms with Crippen LogP contribution in [0.5, 0.6) is 0 Å². The molecule has 0 aliphatic heterocycles. The highest BCUT2D eigenvalue weighted by molar-refractivity contribution is 5.93. The van der Waals surface area contributed by atoms with Crippen molar-refractivity contribution >= 4 is 34.6 Å². The number of carboxylic acids is 1. The number of para-hydroxylation sites is 1. The van der Waals surface area contributed by atoms with Crippen LogP contribution >= 0.6 is 0 Å². The summed E-state index contributed by atoms with van der Waals surface area (Å²) in [7, 11) is 0. The monoisotopic (exact) mass is 465 g/mol. The van der Waals surface area contributed by atoms with Crippen molar-refractivity contribution in [1.82, 2.24) is 20.9 Å².